The van der Waals surface area contributed by atoms with Crippen LogP contribution in [-0.4, -0.2) is 25.8 Å². The maximum absolute atomic E-state index is 11.1. The van der Waals surface area contributed by atoms with E-state index < -0.39 is 0 Å². The van der Waals surface area contributed by atoms with Gasteiger partial charge in [-0.2, -0.15) is 0 Å². The first kappa shape index (κ1) is 12.8. The zero-order chi connectivity index (χ0) is 12.8. The van der Waals surface area contributed by atoms with Crippen molar-refractivity contribution in [2.75, 3.05) is 19.8 Å². The summed E-state index contributed by atoms with van der Waals surface area (Å²) in [6.45, 7) is 3.44. The van der Waals surface area contributed by atoms with Gasteiger partial charge in [-0.25, -0.2) is 4.79 Å². The van der Waals surface area contributed by atoms with Gasteiger partial charge >= 0.3 is 5.97 Å². The van der Waals surface area contributed by atoms with Crippen LogP contribution < -0.4 is 0 Å². The zero-order valence-corrected chi connectivity index (χ0v) is 10.3. The van der Waals surface area contributed by atoms with E-state index in [1.165, 1.54) is 6.08 Å². The third kappa shape index (κ3) is 3.42. The molecule has 2 rings (SSSR count). The van der Waals surface area contributed by atoms with E-state index in [0.29, 0.717) is 19.8 Å². The van der Waals surface area contributed by atoms with E-state index in [1.807, 2.05) is 24.3 Å². The molecular formula is C14H16O4. The number of carbonyl (C=O) groups is 1. The molecule has 0 aliphatic carbocycles. The van der Waals surface area contributed by atoms with Crippen molar-refractivity contribution >= 4 is 12.0 Å². The van der Waals surface area contributed by atoms with Gasteiger partial charge in [-0.05, 0) is 18.6 Å². The van der Waals surface area contributed by atoms with Gasteiger partial charge in [-0.15, -0.1) is 0 Å². The molecular weight excluding hydrogens is 232 g/mol. The fraction of sp³-hybridized carbons (Fsp3) is 0.357. The Morgan fingerprint density at radius 2 is 2.00 bits per heavy atom. The van der Waals surface area contributed by atoms with Crippen LogP contribution >= 0.6 is 0 Å². The summed E-state index contributed by atoms with van der Waals surface area (Å²) in [5, 5.41) is 0. The largest absolute Gasteiger partial charge is 0.463 e. The summed E-state index contributed by atoms with van der Waals surface area (Å²) in [5.74, 6) is -0.330. The second-order valence-corrected chi connectivity index (χ2v) is 3.83. The topological polar surface area (TPSA) is 44.8 Å². The van der Waals surface area contributed by atoms with E-state index in [9.17, 15) is 4.79 Å². The summed E-state index contributed by atoms with van der Waals surface area (Å²) in [4.78, 5) is 11.1. The van der Waals surface area contributed by atoms with Crippen LogP contribution in [0.25, 0.3) is 6.08 Å². The molecule has 1 fully saturated rings. The van der Waals surface area contributed by atoms with Gasteiger partial charge in [-0.1, -0.05) is 24.3 Å². The van der Waals surface area contributed by atoms with Crippen molar-refractivity contribution in [3.63, 3.8) is 0 Å². The summed E-state index contributed by atoms with van der Waals surface area (Å²) in [6.07, 6.45) is 2.88. The highest BCUT2D eigenvalue weighted by molar-refractivity contribution is 5.87. The minimum absolute atomic E-state index is 0.256. The molecule has 1 saturated heterocycles. The standard InChI is InChI=1S/C14H16O4/c1-2-16-13(15)8-5-11-3-6-12(7-4-11)14-17-9-10-18-14/h3-8,14H,2,9-10H2,1H3/b8-5+. The van der Waals surface area contributed by atoms with Crippen molar-refractivity contribution < 1.29 is 19.0 Å². The highest BCUT2D eigenvalue weighted by Crippen LogP contribution is 2.23. The molecule has 1 aliphatic rings. The Labute approximate surface area is 106 Å². The first-order chi connectivity index (χ1) is 8.79. The van der Waals surface area contributed by atoms with Crippen LogP contribution in [0.4, 0.5) is 0 Å². The smallest absolute Gasteiger partial charge is 0.330 e. The fourth-order valence-corrected chi connectivity index (χ4v) is 1.67. The van der Waals surface area contributed by atoms with Crippen LogP contribution in [0.3, 0.4) is 0 Å². The number of ether oxygens (including phenoxy) is 3. The van der Waals surface area contributed by atoms with E-state index in [2.05, 4.69) is 0 Å². The molecule has 0 unspecified atom stereocenters. The zero-order valence-electron chi connectivity index (χ0n) is 10.3. The molecule has 18 heavy (non-hydrogen) atoms. The summed E-state index contributed by atoms with van der Waals surface area (Å²) in [7, 11) is 0. The molecule has 0 radical (unpaired) electrons. The van der Waals surface area contributed by atoms with Gasteiger partial charge in [0.05, 0.1) is 19.8 Å². The molecule has 4 heteroatoms. The molecule has 0 bridgehead atoms. The average Bonchev–Trinajstić information content (AvgIpc) is 2.91. The molecule has 1 heterocycles. The number of hydrogen-bond donors (Lipinski definition) is 0. The van der Waals surface area contributed by atoms with Crippen LogP contribution in [0.2, 0.25) is 0 Å². The summed E-state index contributed by atoms with van der Waals surface area (Å²) < 4.78 is 15.6. The molecule has 0 spiro atoms. The molecule has 1 aromatic carbocycles. The Morgan fingerprint density at radius 1 is 1.33 bits per heavy atom. The van der Waals surface area contributed by atoms with E-state index in [-0.39, 0.29) is 12.3 Å². The SMILES string of the molecule is CCOC(=O)/C=C/c1ccc(C2OCCO2)cc1. The molecule has 0 N–H and O–H groups in total. The lowest BCUT2D eigenvalue weighted by Gasteiger charge is -2.08. The van der Waals surface area contributed by atoms with Gasteiger partial charge in [0.25, 0.3) is 0 Å². The Hall–Kier alpha value is -1.65. The van der Waals surface area contributed by atoms with Gasteiger partial charge in [0.1, 0.15) is 0 Å². The van der Waals surface area contributed by atoms with Gasteiger partial charge in [-0.3, -0.25) is 0 Å². The lowest BCUT2D eigenvalue weighted by molar-refractivity contribution is -0.137. The minimum atomic E-state index is -0.330. The van der Waals surface area contributed by atoms with Gasteiger partial charge in [0, 0.05) is 11.6 Å². The van der Waals surface area contributed by atoms with Crippen molar-refractivity contribution in [2.24, 2.45) is 0 Å². The van der Waals surface area contributed by atoms with Crippen molar-refractivity contribution in [3.8, 4) is 0 Å². The van der Waals surface area contributed by atoms with Gasteiger partial charge in [0.2, 0.25) is 0 Å². The van der Waals surface area contributed by atoms with Crippen molar-refractivity contribution in [2.45, 2.75) is 13.2 Å². The normalized spacial score (nSPS) is 16.3. The average molecular weight is 248 g/mol. The van der Waals surface area contributed by atoms with Gasteiger partial charge in [0.15, 0.2) is 6.29 Å². The van der Waals surface area contributed by atoms with E-state index in [0.717, 1.165) is 11.1 Å². The van der Waals surface area contributed by atoms with E-state index in [4.69, 9.17) is 14.2 Å². The van der Waals surface area contributed by atoms with E-state index >= 15 is 0 Å². The van der Waals surface area contributed by atoms with Gasteiger partial charge < -0.3 is 14.2 Å². The Kier molecular flexibility index (Phi) is 4.50. The Morgan fingerprint density at radius 3 is 2.61 bits per heavy atom. The maximum atomic E-state index is 11.1. The molecule has 0 aromatic heterocycles. The lowest BCUT2D eigenvalue weighted by Crippen LogP contribution is -1.99. The molecule has 0 amide bonds. The predicted octanol–water partition coefficient (Wildman–Crippen LogP) is 2.31. The minimum Gasteiger partial charge on any atom is -0.463 e. The van der Waals surface area contributed by atoms with Crippen LogP contribution in [0.5, 0.6) is 0 Å². The first-order valence-electron chi connectivity index (χ1n) is 5.97. The lowest BCUT2D eigenvalue weighted by atomic mass is 10.1. The number of esters is 1. The highest BCUT2D eigenvalue weighted by atomic mass is 16.7. The predicted molar refractivity (Wildman–Crippen MR) is 66.8 cm³/mol. The van der Waals surface area contributed by atoms with Crippen molar-refractivity contribution in [3.05, 3.63) is 41.5 Å². The molecule has 96 valence electrons. The molecule has 0 saturated carbocycles. The third-order valence-corrected chi connectivity index (χ3v) is 2.53. The summed E-state index contributed by atoms with van der Waals surface area (Å²) in [6, 6.07) is 7.69. The van der Waals surface area contributed by atoms with Crippen LogP contribution in [0, 0.1) is 0 Å². The quantitative estimate of drug-likeness (QED) is 0.606. The second kappa shape index (κ2) is 6.33. The third-order valence-electron chi connectivity index (χ3n) is 2.53. The number of benzene rings is 1. The van der Waals surface area contributed by atoms with Crippen LogP contribution in [-0.2, 0) is 19.0 Å². The molecule has 4 nitrogen and oxygen atoms in total. The number of hydrogen-bond acceptors (Lipinski definition) is 4. The highest BCUT2D eigenvalue weighted by Gasteiger charge is 2.17. The molecule has 0 atom stereocenters. The second-order valence-electron chi connectivity index (χ2n) is 3.83. The molecule has 1 aliphatic heterocycles. The number of carbonyl (C=O) groups excluding carboxylic acids is 1. The van der Waals surface area contributed by atoms with Crippen molar-refractivity contribution in [1.29, 1.82) is 0 Å². The van der Waals surface area contributed by atoms with E-state index in [1.54, 1.807) is 13.0 Å². The Bertz CT molecular complexity index is 416. The molecule has 1 aromatic rings. The van der Waals surface area contributed by atoms with Crippen LogP contribution in [0.15, 0.2) is 30.3 Å². The fourth-order valence-electron chi connectivity index (χ4n) is 1.67. The van der Waals surface area contributed by atoms with Crippen molar-refractivity contribution in [1.82, 2.24) is 0 Å². The number of rotatable bonds is 4. The monoisotopic (exact) mass is 248 g/mol. The summed E-state index contributed by atoms with van der Waals surface area (Å²) in [5.41, 5.74) is 1.92. The van der Waals surface area contributed by atoms with Crippen LogP contribution in [0.1, 0.15) is 24.3 Å². The first-order valence-corrected chi connectivity index (χ1v) is 5.97. The Balaban J connectivity index is 1.96. The summed E-state index contributed by atoms with van der Waals surface area (Å²) >= 11 is 0. The maximum Gasteiger partial charge on any atom is 0.330 e.